The quantitative estimate of drug-likeness (QED) is 0.395. The van der Waals surface area contributed by atoms with E-state index in [4.69, 9.17) is 0 Å². The number of thiophene rings is 1. The first kappa shape index (κ1) is 9.02. The molecule has 0 radical (unpaired) electrons. The highest BCUT2D eigenvalue weighted by atomic mass is 32.1. The molecule has 0 fully saturated rings. The van der Waals surface area contributed by atoms with Gasteiger partial charge in [0.2, 0.25) is 0 Å². The molecule has 0 saturated carbocycles. The number of hydrogen-bond acceptors (Lipinski definition) is 2. The molecule has 12 heavy (non-hydrogen) atoms. The van der Waals surface area contributed by atoms with Crippen molar-refractivity contribution >= 4 is 17.6 Å². The van der Waals surface area contributed by atoms with Crippen LogP contribution in [0.15, 0.2) is 17.5 Å². The topological polar surface area (TPSA) is 17.1 Å². The van der Waals surface area contributed by atoms with Gasteiger partial charge in [-0.3, -0.25) is 0 Å². The normalized spacial score (nSPS) is 8.67. The van der Waals surface area contributed by atoms with Gasteiger partial charge in [-0.05, 0) is 17.9 Å². The maximum Gasteiger partial charge on any atom is 0.120 e. The molecule has 1 aromatic rings. The SMILES string of the molecule is O=CCCCC#Cc1cccs1. The Bertz CT molecular complexity index is 277. The minimum Gasteiger partial charge on any atom is -0.303 e. The summed E-state index contributed by atoms with van der Waals surface area (Å²) in [6.45, 7) is 0. The molecule has 0 aliphatic heterocycles. The highest BCUT2D eigenvalue weighted by molar-refractivity contribution is 7.10. The predicted octanol–water partition coefficient (Wildman–Crippen LogP) is 2.47. The van der Waals surface area contributed by atoms with Crippen molar-refractivity contribution < 1.29 is 4.79 Å². The summed E-state index contributed by atoms with van der Waals surface area (Å²) in [5, 5.41) is 2.01. The van der Waals surface area contributed by atoms with Crippen LogP contribution < -0.4 is 0 Å². The summed E-state index contributed by atoms with van der Waals surface area (Å²) in [5.41, 5.74) is 0. The Morgan fingerprint density at radius 2 is 2.50 bits per heavy atom. The second-order valence-electron chi connectivity index (χ2n) is 2.34. The summed E-state index contributed by atoms with van der Waals surface area (Å²) < 4.78 is 0. The number of rotatable bonds is 3. The molecule has 0 N–H and O–H groups in total. The minimum absolute atomic E-state index is 0.624. The second-order valence-corrected chi connectivity index (χ2v) is 3.29. The van der Waals surface area contributed by atoms with Gasteiger partial charge in [-0.1, -0.05) is 17.9 Å². The molecule has 2 heteroatoms. The maximum atomic E-state index is 9.95. The van der Waals surface area contributed by atoms with E-state index in [1.54, 1.807) is 11.3 Å². The fourth-order valence-electron chi connectivity index (χ4n) is 0.773. The third kappa shape index (κ3) is 3.36. The van der Waals surface area contributed by atoms with E-state index in [-0.39, 0.29) is 0 Å². The lowest BCUT2D eigenvalue weighted by Gasteiger charge is -1.82. The largest absolute Gasteiger partial charge is 0.303 e. The van der Waals surface area contributed by atoms with Crippen LogP contribution >= 0.6 is 11.3 Å². The summed E-state index contributed by atoms with van der Waals surface area (Å²) in [6.07, 6.45) is 3.25. The van der Waals surface area contributed by atoms with Crippen molar-refractivity contribution in [2.24, 2.45) is 0 Å². The van der Waals surface area contributed by atoms with E-state index in [0.29, 0.717) is 6.42 Å². The van der Waals surface area contributed by atoms with Crippen LogP contribution in [0, 0.1) is 11.8 Å². The number of unbranched alkanes of at least 4 members (excludes halogenated alkanes) is 2. The van der Waals surface area contributed by atoms with Crippen LogP contribution in [0.1, 0.15) is 24.1 Å². The third-order valence-corrected chi connectivity index (χ3v) is 2.14. The zero-order valence-corrected chi connectivity index (χ0v) is 7.56. The van der Waals surface area contributed by atoms with Crippen molar-refractivity contribution in [3.63, 3.8) is 0 Å². The first-order valence-corrected chi connectivity index (χ1v) is 4.77. The first-order valence-electron chi connectivity index (χ1n) is 3.89. The van der Waals surface area contributed by atoms with Gasteiger partial charge in [-0.25, -0.2) is 0 Å². The summed E-state index contributed by atoms with van der Waals surface area (Å²) >= 11 is 1.64. The highest BCUT2D eigenvalue weighted by Crippen LogP contribution is 2.05. The van der Waals surface area contributed by atoms with E-state index in [2.05, 4.69) is 11.8 Å². The van der Waals surface area contributed by atoms with E-state index >= 15 is 0 Å². The standard InChI is InChI=1S/C10H10OS/c11-8-4-2-1-3-6-10-7-5-9-12-10/h5,7-9H,1-2,4H2. The Morgan fingerprint density at radius 1 is 1.58 bits per heavy atom. The van der Waals surface area contributed by atoms with Crippen LogP contribution in [0.25, 0.3) is 0 Å². The molecule has 1 aromatic heterocycles. The molecule has 0 aliphatic rings. The molecule has 0 atom stereocenters. The lowest BCUT2D eigenvalue weighted by atomic mass is 10.2. The zero-order chi connectivity index (χ0) is 8.65. The summed E-state index contributed by atoms with van der Waals surface area (Å²) in [5.74, 6) is 6.06. The van der Waals surface area contributed by atoms with E-state index < -0.39 is 0 Å². The van der Waals surface area contributed by atoms with Crippen LogP contribution in [-0.2, 0) is 4.79 Å². The lowest BCUT2D eigenvalue weighted by Crippen LogP contribution is -1.73. The molecule has 1 rings (SSSR count). The minimum atomic E-state index is 0.624. The Hall–Kier alpha value is -1.07. The Balaban J connectivity index is 2.25. The van der Waals surface area contributed by atoms with Crippen molar-refractivity contribution in [2.45, 2.75) is 19.3 Å². The molecule has 0 aromatic carbocycles. The van der Waals surface area contributed by atoms with E-state index in [9.17, 15) is 4.79 Å². The number of carbonyl (C=O) groups excluding carboxylic acids is 1. The average Bonchev–Trinajstić information content (AvgIpc) is 2.57. The average molecular weight is 178 g/mol. The van der Waals surface area contributed by atoms with Gasteiger partial charge in [0.25, 0.3) is 0 Å². The Morgan fingerprint density at radius 3 is 3.17 bits per heavy atom. The maximum absolute atomic E-state index is 9.95. The van der Waals surface area contributed by atoms with Gasteiger partial charge < -0.3 is 4.79 Å². The Labute approximate surface area is 76.4 Å². The van der Waals surface area contributed by atoms with Gasteiger partial charge in [-0.2, -0.15) is 0 Å². The van der Waals surface area contributed by atoms with Crippen molar-refractivity contribution in [3.05, 3.63) is 22.4 Å². The third-order valence-electron chi connectivity index (χ3n) is 1.36. The van der Waals surface area contributed by atoms with Gasteiger partial charge in [-0.15, -0.1) is 11.3 Å². The van der Waals surface area contributed by atoms with Crippen LogP contribution in [0.2, 0.25) is 0 Å². The van der Waals surface area contributed by atoms with Gasteiger partial charge in [0.05, 0.1) is 4.88 Å². The van der Waals surface area contributed by atoms with Gasteiger partial charge >= 0.3 is 0 Å². The van der Waals surface area contributed by atoms with Crippen LogP contribution in [0.4, 0.5) is 0 Å². The highest BCUT2D eigenvalue weighted by Gasteiger charge is 1.84. The molecule has 0 unspecified atom stereocenters. The van der Waals surface area contributed by atoms with Gasteiger partial charge in [0.15, 0.2) is 0 Å². The molecule has 0 bridgehead atoms. The first-order chi connectivity index (χ1) is 5.93. The summed E-state index contributed by atoms with van der Waals surface area (Å²) in [7, 11) is 0. The van der Waals surface area contributed by atoms with Crippen molar-refractivity contribution in [1.29, 1.82) is 0 Å². The van der Waals surface area contributed by atoms with Gasteiger partial charge in [0, 0.05) is 12.8 Å². The zero-order valence-electron chi connectivity index (χ0n) is 6.75. The smallest absolute Gasteiger partial charge is 0.120 e. The van der Waals surface area contributed by atoms with E-state index in [0.717, 1.165) is 24.0 Å². The number of aldehydes is 1. The predicted molar refractivity (Wildman–Crippen MR) is 51.1 cm³/mol. The molecular formula is C10H10OS. The summed E-state index contributed by atoms with van der Waals surface area (Å²) in [4.78, 5) is 11.0. The number of hydrogen-bond donors (Lipinski definition) is 0. The fraction of sp³-hybridized carbons (Fsp3) is 0.300. The number of carbonyl (C=O) groups is 1. The van der Waals surface area contributed by atoms with Crippen LogP contribution in [0.3, 0.4) is 0 Å². The van der Waals surface area contributed by atoms with Crippen LogP contribution in [-0.4, -0.2) is 6.29 Å². The lowest BCUT2D eigenvalue weighted by molar-refractivity contribution is -0.107. The van der Waals surface area contributed by atoms with Crippen molar-refractivity contribution in [3.8, 4) is 11.8 Å². The van der Waals surface area contributed by atoms with Crippen LogP contribution in [0.5, 0.6) is 0 Å². The molecular weight excluding hydrogens is 168 g/mol. The second kappa shape index (κ2) is 5.56. The van der Waals surface area contributed by atoms with Crippen molar-refractivity contribution in [2.75, 3.05) is 0 Å². The van der Waals surface area contributed by atoms with E-state index in [1.807, 2.05) is 17.5 Å². The summed E-state index contributed by atoms with van der Waals surface area (Å²) in [6, 6.07) is 3.98. The molecule has 0 saturated heterocycles. The van der Waals surface area contributed by atoms with E-state index in [1.165, 1.54) is 0 Å². The van der Waals surface area contributed by atoms with Gasteiger partial charge in [0.1, 0.15) is 6.29 Å². The monoisotopic (exact) mass is 178 g/mol. The molecule has 0 amide bonds. The van der Waals surface area contributed by atoms with Crippen molar-refractivity contribution in [1.82, 2.24) is 0 Å². The molecule has 1 nitrogen and oxygen atoms in total. The molecule has 1 heterocycles. The molecule has 0 spiro atoms. The Kier molecular flexibility index (Phi) is 4.18. The molecule has 62 valence electrons. The molecule has 0 aliphatic carbocycles. The fourth-order valence-corrected chi connectivity index (χ4v) is 1.37.